The highest BCUT2D eigenvalue weighted by Crippen LogP contribution is 2.24. The Kier molecular flexibility index (Phi) is 20.6. The lowest BCUT2D eigenvalue weighted by Gasteiger charge is -2.09. The fourth-order valence-corrected chi connectivity index (χ4v) is 2.91. The predicted octanol–water partition coefficient (Wildman–Crippen LogP) is 6.18. The van der Waals surface area contributed by atoms with E-state index in [1.54, 1.807) is 44.6 Å². The first-order chi connectivity index (χ1) is 20.1. The number of ether oxygens (including phenoxy) is 4. The summed E-state index contributed by atoms with van der Waals surface area (Å²) in [5.41, 5.74) is 2.04. The van der Waals surface area contributed by atoms with E-state index in [4.69, 9.17) is 14.2 Å². The summed E-state index contributed by atoms with van der Waals surface area (Å²) in [6, 6.07) is 12.4. The van der Waals surface area contributed by atoms with Gasteiger partial charge in [-0.15, -0.1) is 0 Å². The quantitative estimate of drug-likeness (QED) is 0.162. The number of benzene rings is 2. The summed E-state index contributed by atoms with van der Waals surface area (Å²) in [5.74, 6) is 0.367. The number of methoxy groups -OCH3 is 2. The van der Waals surface area contributed by atoms with Crippen molar-refractivity contribution in [2.45, 2.75) is 53.4 Å². The number of hydrogen-bond acceptors (Lipinski definition) is 8. The number of rotatable bonds is 13. The molecule has 2 amide bonds. The number of carbonyl (C=O) groups excluding carboxylic acids is 4. The third-order valence-corrected chi connectivity index (χ3v) is 5.01. The van der Waals surface area contributed by atoms with Crippen LogP contribution in [-0.2, 0) is 28.7 Å². The van der Waals surface area contributed by atoms with Crippen molar-refractivity contribution in [2.24, 2.45) is 0 Å². The highest BCUT2D eigenvalue weighted by atomic mass is 16.5. The smallest absolute Gasteiger partial charge is 0.330 e. The molecule has 0 aliphatic rings. The summed E-state index contributed by atoms with van der Waals surface area (Å²) in [7, 11) is 3.14. The number of anilines is 2. The largest absolute Gasteiger partial charge is 0.497 e. The van der Waals surface area contributed by atoms with E-state index in [9.17, 15) is 19.2 Å². The van der Waals surface area contributed by atoms with Crippen LogP contribution >= 0.6 is 0 Å². The van der Waals surface area contributed by atoms with E-state index in [-0.39, 0.29) is 17.8 Å². The van der Waals surface area contributed by atoms with E-state index in [0.29, 0.717) is 30.2 Å². The molecular formula is C32H44N2O8. The molecule has 0 fully saturated rings. The molecule has 0 unspecified atom stereocenters. The molecular weight excluding hydrogens is 540 g/mol. The van der Waals surface area contributed by atoms with Gasteiger partial charge in [0.1, 0.15) is 11.5 Å². The molecule has 0 spiro atoms. The van der Waals surface area contributed by atoms with Crippen molar-refractivity contribution in [3.8, 4) is 11.5 Å². The van der Waals surface area contributed by atoms with Crippen molar-refractivity contribution in [3.05, 3.63) is 66.8 Å². The number of hydrogen-bond donors (Lipinski definition) is 2. The summed E-state index contributed by atoms with van der Waals surface area (Å²) in [6.45, 7) is 11.2. The monoisotopic (exact) mass is 584 g/mol. The van der Waals surface area contributed by atoms with Gasteiger partial charge in [-0.05, 0) is 48.7 Å². The SMILES string of the molecule is C=CC(=O)OCCCC.CCCCOC(=O)/C=C/c1ccc(OC)cc1NC(C)=O.COc1cccc(NC(C)=O)c1. The number of amides is 2. The minimum atomic E-state index is -0.395. The highest BCUT2D eigenvalue weighted by molar-refractivity contribution is 5.94. The maximum absolute atomic E-state index is 11.5. The first-order valence-corrected chi connectivity index (χ1v) is 13.6. The van der Waals surface area contributed by atoms with E-state index in [0.717, 1.165) is 37.1 Å². The van der Waals surface area contributed by atoms with E-state index >= 15 is 0 Å². The molecule has 0 radical (unpaired) electrons. The lowest BCUT2D eigenvalue weighted by atomic mass is 10.1. The summed E-state index contributed by atoms with van der Waals surface area (Å²) in [5, 5.41) is 5.36. The summed E-state index contributed by atoms with van der Waals surface area (Å²) in [6.07, 6.45) is 7.93. The highest BCUT2D eigenvalue weighted by Gasteiger charge is 2.05. The number of esters is 2. The summed E-state index contributed by atoms with van der Waals surface area (Å²) < 4.78 is 19.8. The maximum Gasteiger partial charge on any atom is 0.330 e. The van der Waals surface area contributed by atoms with Crippen LogP contribution in [0.1, 0.15) is 58.9 Å². The van der Waals surface area contributed by atoms with E-state index < -0.39 is 5.97 Å². The summed E-state index contributed by atoms with van der Waals surface area (Å²) >= 11 is 0. The van der Waals surface area contributed by atoms with Crippen LogP contribution in [0.15, 0.2) is 61.2 Å². The molecule has 0 saturated carbocycles. The first-order valence-electron chi connectivity index (χ1n) is 13.6. The molecule has 0 heterocycles. The average molecular weight is 585 g/mol. The number of unbranched alkanes of at least 4 members (excludes halogenated alkanes) is 2. The predicted molar refractivity (Wildman–Crippen MR) is 166 cm³/mol. The summed E-state index contributed by atoms with van der Waals surface area (Å²) in [4.78, 5) is 43.7. The minimum absolute atomic E-state index is 0.0803. The van der Waals surface area contributed by atoms with E-state index in [2.05, 4.69) is 21.9 Å². The Morgan fingerprint density at radius 1 is 0.786 bits per heavy atom. The van der Waals surface area contributed by atoms with Crippen LogP contribution in [0.5, 0.6) is 11.5 Å². The van der Waals surface area contributed by atoms with Gasteiger partial charge >= 0.3 is 11.9 Å². The van der Waals surface area contributed by atoms with Crippen molar-refractivity contribution in [2.75, 3.05) is 38.1 Å². The van der Waals surface area contributed by atoms with Gasteiger partial charge in [0.05, 0.1) is 33.1 Å². The Morgan fingerprint density at radius 2 is 1.36 bits per heavy atom. The fraction of sp³-hybridized carbons (Fsp3) is 0.375. The lowest BCUT2D eigenvalue weighted by Crippen LogP contribution is -2.07. The minimum Gasteiger partial charge on any atom is -0.497 e. The van der Waals surface area contributed by atoms with Crippen LogP contribution in [0.25, 0.3) is 6.08 Å². The Labute approximate surface area is 249 Å². The van der Waals surface area contributed by atoms with Crippen molar-refractivity contribution in [3.63, 3.8) is 0 Å². The normalized spacial score (nSPS) is 9.67. The van der Waals surface area contributed by atoms with Gasteiger partial charge in [-0.2, -0.15) is 0 Å². The molecule has 2 N–H and O–H groups in total. The van der Waals surface area contributed by atoms with Crippen molar-refractivity contribution in [1.82, 2.24) is 0 Å². The second kappa shape index (κ2) is 23.1. The van der Waals surface area contributed by atoms with Gasteiger partial charge < -0.3 is 29.6 Å². The molecule has 0 atom stereocenters. The zero-order chi connectivity index (χ0) is 31.8. The standard InChI is InChI=1S/C16H21NO4.C9H11NO2.C7H12O2/c1-4-5-10-21-16(19)9-7-13-6-8-14(20-3)11-15(13)17-12(2)18;1-7(11)10-8-4-3-5-9(6-8)12-2;1-3-5-6-9-7(8)4-2/h6-9,11H,4-5,10H2,1-3H3,(H,17,18);3-6H,1-2H3,(H,10,11);4H,2-3,5-6H2,1H3/b9-7+;;. The maximum atomic E-state index is 11.5. The van der Waals surface area contributed by atoms with Crippen LogP contribution in [-0.4, -0.2) is 51.2 Å². The Hall–Kier alpha value is -4.60. The molecule has 0 bridgehead atoms. The molecule has 42 heavy (non-hydrogen) atoms. The third kappa shape index (κ3) is 18.6. The molecule has 2 aromatic rings. The van der Waals surface area contributed by atoms with Gasteiger partial charge in [0.15, 0.2) is 0 Å². The molecule has 10 nitrogen and oxygen atoms in total. The second-order valence-corrected chi connectivity index (χ2v) is 8.63. The zero-order valence-corrected chi connectivity index (χ0v) is 25.5. The van der Waals surface area contributed by atoms with Gasteiger partial charge in [-0.1, -0.05) is 39.3 Å². The third-order valence-electron chi connectivity index (χ3n) is 5.01. The van der Waals surface area contributed by atoms with E-state index in [1.807, 2.05) is 32.0 Å². The molecule has 2 rings (SSSR count). The van der Waals surface area contributed by atoms with Crippen LogP contribution in [0.2, 0.25) is 0 Å². The van der Waals surface area contributed by atoms with Gasteiger partial charge in [0.25, 0.3) is 0 Å². The average Bonchev–Trinajstić information content (AvgIpc) is 2.96. The van der Waals surface area contributed by atoms with Crippen molar-refractivity contribution < 1.29 is 38.1 Å². The number of nitrogens with one attached hydrogen (secondary N) is 2. The zero-order valence-electron chi connectivity index (χ0n) is 25.5. The first kappa shape index (κ1) is 37.4. The molecule has 0 aromatic heterocycles. The van der Waals surface area contributed by atoms with Crippen LogP contribution in [0.3, 0.4) is 0 Å². The lowest BCUT2D eigenvalue weighted by molar-refractivity contribution is -0.138. The Morgan fingerprint density at radius 3 is 1.88 bits per heavy atom. The van der Waals surface area contributed by atoms with E-state index in [1.165, 1.54) is 26.0 Å². The van der Waals surface area contributed by atoms with Gasteiger partial charge in [-0.3, -0.25) is 9.59 Å². The fourth-order valence-electron chi connectivity index (χ4n) is 2.91. The second-order valence-electron chi connectivity index (χ2n) is 8.63. The van der Waals surface area contributed by atoms with Crippen molar-refractivity contribution >= 4 is 41.2 Å². The van der Waals surface area contributed by atoms with Gasteiger partial charge in [-0.25, -0.2) is 9.59 Å². The Balaban J connectivity index is 0.000000673. The molecule has 0 aliphatic heterocycles. The molecule has 230 valence electrons. The molecule has 0 saturated heterocycles. The van der Waals surface area contributed by atoms with Crippen LogP contribution in [0, 0.1) is 0 Å². The van der Waals surface area contributed by atoms with Crippen LogP contribution in [0.4, 0.5) is 11.4 Å². The molecule has 2 aromatic carbocycles. The molecule has 10 heteroatoms. The van der Waals surface area contributed by atoms with Gasteiger partial charge in [0.2, 0.25) is 11.8 Å². The van der Waals surface area contributed by atoms with Crippen LogP contribution < -0.4 is 20.1 Å². The topological polar surface area (TPSA) is 129 Å². The number of carbonyl (C=O) groups is 4. The van der Waals surface area contributed by atoms with Crippen molar-refractivity contribution in [1.29, 1.82) is 0 Å². The Bertz CT molecular complexity index is 1160. The molecule has 0 aliphatic carbocycles. The van der Waals surface area contributed by atoms with Gasteiger partial charge in [0, 0.05) is 43.8 Å².